The summed E-state index contributed by atoms with van der Waals surface area (Å²) in [5, 5.41) is 0.218. The van der Waals surface area contributed by atoms with E-state index in [1.54, 1.807) is 4.90 Å². The molecule has 0 amide bonds. The molecule has 1 fully saturated rings. The second-order valence-corrected chi connectivity index (χ2v) is 4.47. The highest BCUT2D eigenvalue weighted by Gasteiger charge is 2.29. The van der Waals surface area contributed by atoms with E-state index in [4.69, 9.17) is 18.0 Å². The number of hydrogen-bond donors (Lipinski definition) is 1. The molecule has 0 aromatic heterocycles. The predicted octanol–water partition coefficient (Wildman–Crippen LogP) is 2.14. The molecule has 17 heavy (non-hydrogen) atoms. The van der Waals surface area contributed by atoms with Crippen molar-refractivity contribution in [3.8, 4) is 0 Å². The molecule has 1 heterocycles. The van der Waals surface area contributed by atoms with Crippen molar-refractivity contribution in [1.82, 2.24) is 4.90 Å². The van der Waals surface area contributed by atoms with E-state index in [0.29, 0.717) is 31.6 Å². The van der Waals surface area contributed by atoms with Gasteiger partial charge in [0.2, 0.25) is 0 Å². The molecule has 1 aliphatic heterocycles. The number of nitrogens with zero attached hydrogens (tertiary/aromatic N) is 1. The first-order valence-electron chi connectivity index (χ1n) is 5.18. The molecule has 2 N–H and O–H groups in total. The van der Waals surface area contributed by atoms with Crippen LogP contribution in [0.4, 0.5) is 13.2 Å². The molecule has 6 heteroatoms. The van der Waals surface area contributed by atoms with E-state index >= 15 is 0 Å². The van der Waals surface area contributed by atoms with Crippen molar-refractivity contribution in [3.05, 3.63) is 35.1 Å². The van der Waals surface area contributed by atoms with Crippen LogP contribution in [0.5, 0.6) is 0 Å². The summed E-state index contributed by atoms with van der Waals surface area (Å²) in [7, 11) is 0. The lowest BCUT2D eigenvalue weighted by Crippen LogP contribution is -2.33. The van der Waals surface area contributed by atoms with E-state index < -0.39 is 17.5 Å². The van der Waals surface area contributed by atoms with Gasteiger partial charge in [0, 0.05) is 36.7 Å². The lowest BCUT2D eigenvalue weighted by atomic mass is 9.97. The molecular weight excluding hydrogens is 249 g/mol. The van der Waals surface area contributed by atoms with Crippen molar-refractivity contribution >= 4 is 17.3 Å². The minimum Gasteiger partial charge on any atom is -0.376 e. The zero-order valence-electron chi connectivity index (χ0n) is 8.92. The van der Waals surface area contributed by atoms with Gasteiger partial charge in [-0.05, 0) is 18.6 Å². The molecule has 92 valence electrons. The summed E-state index contributed by atoms with van der Waals surface area (Å²) in [5.41, 5.74) is 5.37. The number of rotatable bonds is 1. The highest BCUT2D eigenvalue weighted by molar-refractivity contribution is 7.80. The maximum absolute atomic E-state index is 13.5. The number of benzene rings is 1. The van der Waals surface area contributed by atoms with Crippen molar-refractivity contribution < 1.29 is 13.2 Å². The van der Waals surface area contributed by atoms with Gasteiger partial charge in [0.05, 0.1) is 0 Å². The van der Waals surface area contributed by atoms with Crippen molar-refractivity contribution in [2.45, 2.75) is 12.3 Å². The third-order valence-corrected chi connectivity index (χ3v) is 3.21. The highest BCUT2D eigenvalue weighted by atomic mass is 32.1. The summed E-state index contributed by atoms with van der Waals surface area (Å²) in [6.45, 7) is 0.936. The summed E-state index contributed by atoms with van der Waals surface area (Å²) in [6, 6.07) is 1.39. The van der Waals surface area contributed by atoms with Gasteiger partial charge in [0.1, 0.15) is 17.5 Å². The molecule has 0 saturated carbocycles. The third kappa shape index (κ3) is 2.36. The summed E-state index contributed by atoms with van der Waals surface area (Å²) in [5.74, 6) is -2.94. The van der Waals surface area contributed by atoms with Gasteiger partial charge in [-0.2, -0.15) is 0 Å². The molecule has 0 radical (unpaired) electrons. The van der Waals surface area contributed by atoms with Gasteiger partial charge >= 0.3 is 0 Å². The fourth-order valence-corrected chi connectivity index (χ4v) is 2.31. The fourth-order valence-electron chi connectivity index (χ4n) is 2.14. The molecule has 1 atom stereocenters. The van der Waals surface area contributed by atoms with E-state index in [-0.39, 0.29) is 16.6 Å². The molecule has 1 aromatic carbocycles. The van der Waals surface area contributed by atoms with Gasteiger partial charge in [0.15, 0.2) is 5.11 Å². The Kier molecular flexibility index (Phi) is 3.24. The van der Waals surface area contributed by atoms with Crippen LogP contribution >= 0.6 is 12.2 Å². The van der Waals surface area contributed by atoms with Gasteiger partial charge in [0.25, 0.3) is 0 Å². The first-order valence-corrected chi connectivity index (χ1v) is 5.58. The number of hydrogen-bond acceptors (Lipinski definition) is 1. The molecule has 0 unspecified atom stereocenters. The normalized spacial score (nSPS) is 19.7. The second kappa shape index (κ2) is 4.52. The van der Waals surface area contributed by atoms with Crippen molar-refractivity contribution in [1.29, 1.82) is 0 Å². The maximum Gasteiger partial charge on any atom is 0.166 e. The Hall–Kier alpha value is -1.30. The molecule has 0 aliphatic carbocycles. The molecule has 0 spiro atoms. The van der Waals surface area contributed by atoms with E-state index in [0.717, 1.165) is 0 Å². The SMILES string of the molecule is NC(=S)N1CC[C@@H](c2c(F)cc(F)cc2F)C1. The van der Waals surface area contributed by atoms with Crippen LogP contribution in [-0.4, -0.2) is 23.1 Å². The number of nitrogens with two attached hydrogens (primary N) is 1. The Labute approximate surface area is 102 Å². The number of thiocarbonyl (C=S) groups is 1. The zero-order valence-corrected chi connectivity index (χ0v) is 9.74. The van der Waals surface area contributed by atoms with Gasteiger partial charge in [-0.3, -0.25) is 0 Å². The van der Waals surface area contributed by atoms with Gasteiger partial charge in [-0.25, -0.2) is 13.2 Å². The largest absolute Gasteiger partial charge is 0.376 e. The Balaban J connectivity index is 2.27. The Morgan fingerprint density at radius 3 is 2.35 bits per heavy atom. The highest BCUT2D eigenvalue weighted by Crippen LogP contribution is 2.31. The average Bonchev–Trinajstić information content (AvgIpc) is 2.65. The Morgan fingerprint density at radius 1 is 1.29 bits per heavy atom. The molecule has 1 aliphatic rings. The summed E-state index contributed by atoms with van der Waals surface area (Å²) >= 11 is 4.80. The standard InChI is InChI=1S/C11H11F3N2S/c12-7-3-8(13)10(9(14)4-7)6-1-2-16(5-6)11(15)17/h3-4,6H,1-2,5H2,(H2,15,17)/t6-/m1/s1. The van der Waals surface area contributed by atoms with Crippen molar-refractivity contribution in [3.63, 3.8) is 0 Å². The van der Waals surface area contributed by atoms with E-state index in [9.17, 15) is 13.2 Å². The number of halogens is 3. The molecule has 1 saturated heterocycles. The van der Waals surface area contributed by atoms with Crippen LogP contribution in [0.2, 0.25) is 0 Å². The number of likely N-dealkylation sites (tertiary alicyclic amines) is 1. The molecule has 2 nitrogen and oxygen atoms in total. The van der Waals surface area contributed by atoms with Gasteiger partial charge in [-0.15, -0.1) is 0 Å². The van der Waals surface area contributed by atoms with Crippen molar-refractivity contribution in [2.24, 2.45) is 5.73 Å². The average molecular weight is 260 g/mol. The predicted molar refractivity (Wildman–Crippen MR) is 62.0 cm³/mol. The molecule has 0 bridgehead atoms. The monoisotopic (exact) mass is 260 g/mol. The van der Waals surface area contributed by atoms with Gasteiger partial charge < -0.3 is 10.6 Å². The summed E-state index contributed by atoms with van der Waals surface area (Å²) < 4.78 is 39.8. The minimum absolute atomic E-state index is 0.0786. The topological polar surface area (TPSA) is 29.3 Å². The minimum atomic E-state index is -0.909. The Morgan fingerprint density at radius 2 is 1.88 bits per heavy atom. The van der Waals surface area contributed by atoms with Crippen LogP contribution in [0.25, 0.3) is 0 Å². The smallest absolute Gasteiger partial charge is 0.166 e. The van der Waals surface area contributed by atoms with Crippen molar-refractivity contribution in [2.75, 3.05) is 13.1 Å². The van der Waals surface area contributed by atoms with E-state index in [2.05, 4.69) is 0 Å². The van der Waals surface area contributed by atoms with Crippen LogP contribution in [0, 0.1) is 17.5 Å². The third-order valence-electron chi connectivity index (χ3n) is 2.95. The second-order valence-electron chi connectivity index (χ2n) is 4.05. The molecule has 2 rings (SSSR count). The maximum atomic E-state index is 13.5. The Bertz CT molecular complexity index is 441. The summed E-state index contributed by atoms with van der Waals surface area (Å²) in [4.78, 5) is 1.68. The first kappa shape index (κ1) is 12.2. The quantitative estimate of drug-likeness (QED) is 0.784. The van der Waals surface area contributed by atoms with E-state index in [1.165, 1.54) is 0 Å². The fraction of sp³-hybridized carbons (Fsp3) is 0.364. The summed E-state index contributed by atoms with van der Waals surface area (Å²) in [6.07, 6.45) is 0.552. The van der Waals surface area contributed by atoms with Crippen LogP contribution in [0.15, 0.2) is 12.1 Å². The zero-order chi connectivity index (χ0) is 12.6. The molecular formula is C11H11F3N2S. The van der Waals surface area contributed by atoms with Crippen LogP contribution in [0.3, 0.4) is 0 Å². The van der Waals surface area contributed by atoms with Crippen LogP contribution < -0.4 is 5.73 Å². The van der Waals surface area contributed by atoms with Gasteiger partial charge in [-0.1, -0.05) is 0 Å². The first-order chi connectivity index (χ1) is 7.99. The van der Waals surface area contributed by atoms with E-state index in [1.807, 2.05) is 0 Å². The van der Waals surface area contributed by atoms with Crippen LogP contribution in [-0.2, 0) is 0 Å². The van der Waals surface area contributed by atoms with Crippen LogP contribution in [0.1, 0.15) is 17.9 Å². The molecule has 1 aromatic rings. The lowest BCUT2D eigenvalue weighted by molar-refractivity contribution is 0.484. The lowest BCUT2D eigenvalue weighted by Gasteiger charge is -2.16.